The summed E-state index contributed by atoms with van der Waals surface area (Å²) >= 11 is 0. The molecular weight excluding hydrogens is 299 g/mol. The average Bonchev–Trinajstić information content (AvgIpc) is 2.84. The molecule has 1 fully saturated rings. The Hall–Kier alpha value is -1.42. The van der Waals surface area contributed by atoms with E-state index < -0.39 is 0 Å². The molecule has 0 spiro atoms. The van der Waals surface area contributed by atoms with Gasteiger partial charge in [-0.1, -0.05) is 48.0 Å². The van der Waals surface area contributed by atoms with Crippen molar-refractivity contribution < 1.29 is 4.39 Å². The maximum atomic E-state index is 13.9. The fraction of sp³-hybridized carbons (Fsp3) is 0.333. The van der Waals surface area contributed by atoms with E-state index in [1.165, 1.54) is 5.56 Å². The highest BCUT2D eigenvalue weighted by molar-refractivity contribution is 5.85. The summed E-state index contributed by atoms with van der Waals surface area (Å²) in [5, 5.41) is 0. The van der Waals surface area contributed by atoms with Crippen molar-refractivity contribution in [2.45, 2.75) is 25.4 Å². The molecule has 2 nitrogen and oxygen atoms in total. The molecule has 0 saturated carbocycles. The van der Waals surface area contributed by atoms with Crippen molar-refractivity contribution in [3.05, 3.63) is 71.0 Å². The lowest BCUT2D eigenvalue weighted by Gasteiger charge is -2.17. The zero-order valence-electron chi connectivity index (χ0n) is 12.7. The number of hydrogen-bond donors (Lipinski definition) is 1. The highest BCUT2D eigenvalue weighted by Crippen LogP contribution is 2.27. The van der Waals surface area contributed by atoms with Gasteiger partial charge in [-0.15, -0.1) is 12.4 Å². The van der Waals surface area contributed by atoms with Gasteiger partial charge in [0.25, 0.3) is 0 Å². The van der Waals surface area contributed by atoms with Crippen LogP contribution in [-0.4, -0.2) is 24.0 Å². The number of hydrogen-bond acceptors (Lipinski definition) is 2. The molecule has 1 heterocycles. The van der Waals surface area contributed by atoms with Crippen LogP contribution in [-0.2, 0) is 6.54 Å². The lowest BCUT2D eigenvalue weighted by Crippen LogP contribution is -2.28. The quantitative estimate of drug-likeness (QED) is 0.938. The minimum absolute atomic E-state index is 0. The van der Waals surface area contributed by atoms with E-state index in [0.29, 0.717) is 12.5 Å². The predicted molar refractivity (Wildman–Crippen MR) is 90.8 cm³/mol. The summed E-state index contributed by atoms with van der Waals surface area (Å²) in [6.45, 7) is 4.32. The van der Waals surface area contributed by atoms with Crippen LogP contribution in [0, 0.1) is 12.7 Å². The van der Waals surface area contributed by atoms with Gasteiger partial charge in [-0.05, 0) is 18.6 Å². The van der Waals surface area contributed by atoms with Gasteiger partial charge >= 0.3 is 0 Å². The van der Waals surface area contributed by atoms with Crippen LogP contribution in [0.2, 0.25) is 0 Å². The first-order valence-electron chi connectivity index (χ1n) is 7.41. The summed E-state index contributed by atoms with van der Waals surface area (Å²) in [4.78, 5) is 2.25. The van der Waals surface area contributed by atoms with Gasteiger partial charge < -0.3 is 5.73 Å². The maximum Gasteiger partial charge on any atom is 0.127 e. The molecule has 0 amide bonds. The Labute approximate surface area is 137 Å². The Morgan fingerprint density at radius 3 is 2.59 bits per heavy atom. The molecule has 118 valence electrons. The lowest BCUT2D eigenvalue weighted by atomic mass is 9.95. The van der Waals surface area contributed by atoms with Gasteiger partial charge in [0.1, 0.15) is 5.82 Å². The summed E-state index contributed by atoms with van der Waals surface area (Å²) in [6, 6.07) is 15.8. The fourth-order valence-electron chi connectivity index (χ4n) is 3.16. The van der Waals surface area contributed by atoms with Crippen LogP contribution in [0.25, 0.3) is 0 Å². The van der Waals surface area contributed by atoms with E-state index in [4.69, 9.17) is 5.73 Å². The van der Waals surface area contributed by atoms with E-state index in [0.717, 1.165) is 24.2 Å². The number of likely N-dealkylation sites (tertiary alicyclic amines) is 1. The molecule has 0 bridgehead atoms. The van der Waals surface area contributed by atoms with E-state index in [9.17, 15) is 4.39 Å². The van der Waals surface area contributed by atoms with Crippen LogP contribution < -0.4 is 5.73 Å². The Balaban J connectivity index is 0.00000176. The second-order valence-corrected chi connectivity index (χ2v) is 5.97. The van der Waals surface area contributed by atoms with E-state index >= 15 is 0 Å². The second kappa shape index (κ2) is 7.23. The third-order valence-corrected chi connectivity index (χ3v) is 4.26. The van der Waals surface area contributed by atoms with Crippen molar-refractivity contribution in [3.8, 4) is 0 Å². The summed E-state index contributed by atoms with van der Waals surface area (Å²) in [7, 11) is 0. The van der Waals surface area contributed by atoms with Gasteiger partial charge in [-0.3, -0.25) is 4.90 Å². The molecule has 1 saturated heterocycles. The molecule has 0 radical (unpaired) electrons. The SMILES string of the molecule is Cc1ccc(F)c(CN2C[C@@H](N)[C@H](c3ccccc3)C2)c1.Cl. The molecule has 1 aliphatic heterocycles. The molecular formula is C18H22ClFN2. The molecule has 0 unspecified atom stereocenters. The minimum Gasteiger partial charge on any atom is -0.326 e. The normalized spacial score (nSPS) is 21.6. The van der Waals surface area contributed by atoms with Crippen molar-refractivity contribution >= 4 is 12.4 Å². The predicted octanol–water partition coefficient (Wildman–Crippen LogP) is 3.48. The van der Waals surface area contributed by atoms with Gasteiger partial charge in [0.05, 0.1) is 0 Å². The topological polar surface area (TPSA) is 29.3 Å². The van der Waals surface area contributed by atoms with Crippen molar-refractivity contribution in [2.75, 3.05) is 13.1 Å². The summed E-state index contributed by atoms with van der Waals surface area (Å²) < 4.78 is 13.9. The molecule has 2 atom stereocenters. The molecule has 22 heavy (non-hydrogen) atoms. The highest BCUT2D eigenvalue weighted by atomic mass is 35.5. The van der Waals surface area contributed by atoms with Gasteiger partial charge in [0.2, 0.25) is 0 Å². The number of rotatable bonds is 3. The molecule has 3 rings (SSSR count). The van der Waals surface area contributed by atoms with E-state index in [2.05, 4.69) is 17.0 Å². The molecule has 0 aliphatic carbocycles. The van der Waals surface area contributed by atoms with Gasteiger partial charge in [-0.25, -0.2) is 4.39 Å². The van der Waals surface area contributed by atoms with Crippen molar-refractivity contribution in [1.29, 1.82) is 0 Å². The van der Waals surface area contributed by atoms with Crippen LogP contribution in [0.3, 0.4) is 0 Å². The third kappa shape index (κ3) is 3.67. The van der Waals surface area contributed by atoms with Crippen molar-refractivity contribution in [3.63, 3.8) is 0 Å². The summed E-state index contributed by atoms with van der Waals surface area (Å²) in [6.07, 6.45) is 0. The fourth-order valence-corrected chi connectivity index (χ4v) is 3.16. The van der Waals surface area contributed by atoms with Gasteiger partial charge in [-0.2, -0.15) is 0 Å². The molecule has 4 heteroatoms. The number of aryl methyl sites for hydroxylation is 1. The first kappa shape index (κ1) is 16.9. The molecule has 2 N–H and O–H groups in total. The van der Waals surface area contributed by atoms with E-state index in [-0.39, 0.29) is 24.3 Å². The van der Waals surface area contributed by atoms with Crippen LogP contribution in [0.1, 0.15) is 22.6 Å². The van der Waals surface area contributed by atoms with Crippen molar-refractivity contribution in [1.82, 2.24) is 4.90 Å². The van der Waals surface area contributed by atoms with Crippen LogP contribution in [0.4, 0.5) is 4.39 Å². The third-order valence-electron chi connectivity index (χ3n) is 4.26. The number of benzene rings is 2. The smallest absolute Gasteiger partial charge is 0.127 e. The number of nitrogens with two attached hydrogens (primary N) is 1. The van der Waals surface area contributed by atoms with E-state index in [1.807, 2.05) is 31.2 Å². The number of halogens is 2. The first-order valence-corrected chi connectivity index (χ1v) is 7.41. The highest BCUT2D eigenvalue weighted by Gasteiger charge is 2.31. The van der Waals surface area contributed by atoms with Gasteiger partial charge in [0.15, 0.2) is 0 Å². The number of nitrogens with zero attached hydrogens (tertiary/aromatic N) is 1. The zero-order valence-corrected chi connectivity index (χ0v) is 13.5. The Kier molecular flexibility index (Phi) is 5.57. The maximum absolute atomic E-state index is 13.9. The Bertz CT molecular complexity index is 618. The Morgan fingerprint density at radius 1 is 1.14 bits per heavy atom. The van der Waals surface area contributed by atoms with Crippen LogP contribution >= 0.6 is 12.4 Å². The van der Waals surface area contributed by atoms with Gasteiger partial charge in [0, 0.05) is 37.2 Å². The standard InChI is InChI=1S/C18H21FN2.ClH/c1-13-7-8-17(19)15(9-13)10-21-11-16(18(20)12-21)14-5-3-2-4-6-14;/h2-9,16,18H,10-12,20H2,1H3;1H/t16-,18+;/m0./s1. The molecule has 1 aliphatic rings. The Morgan fingerprint density at radius 2 is 1.86 bits per heavy atom. The molecule has 2 aromatic carbocycles. The summed E-state index contributed by atoms with van der Waals surface area (Å²) in [5.41, 5.74) is 9.42. The first-order chi connectivity index (χ1) is 10.1. The zero-order chi connectivity index (χ0) is 14.8. The molecule has 0 aromatic heterocycles. The van der Waals surface area contributed by atoms with Crippen molar-refractivity contribution in [2.24, 2.45) is 5.73 Å². The lowest BCUT2D eigenvalue weighted by molar-refractivity contribution is 0.318. The largest absolute Gasteiger partial charge is 0.326 e. The molecule has 2 aromatic rings. The minimum atomic E-state index is -0.127. The van der Waals surface area contributed by atoms with Crippen LogP contribution in [0.5, 0.6) is 0 Å². The van der Waals surface area contributed by atoms with Crippen LogP contribution in [0.15, 0.2) is 48.5 Å². The average molecular weight is 321 g/mol. The van der Waals surface area contributed by atoms with E-state index in [1.54, 1.807) is 12.1 Å². The second-order valence-electron chi connectivity index (χ2n) is 5.97. The monoisotopic (exact) mass is 320 g/mol. The summed E-state index contributed by atoms with van der Waals surface area (Å²) in [5.74, 6) is 0.205.